The van der Waals surface area contributed by atoms with Gasteiger partial charge in [0.2, 0.25) is 0 Å². The molecule has 0 saturated carbocycles. The predicted octanol–water partition coefficient (Wildman–Crippen LogP) is 2.93. The number of nitrogens with one attached hydrogen (secondary N) is 1. The lowest BCUT2D eigenvalue weighted by molar-refractivity contribution is 0.0215. The number of ether oxygens (including phenoxy) is 1. The Morgan fingerprint density at radius 2 is 2.06 bits per heavy atom. The van der Waals surface area contributed by atoms with Gasteiger partial charge < -0.3 is 10.1 Å². The molecule has 0 saturated heterocycles. The Labute approximate surface area is 104 Å². The molecule has 1 aromatic heterocycles. The second-order valence-electron chi connectivity index (χ2n) is 3.77. The number of pyridine rings is 1. The number of aromatic nitrogens is 1. The van der Waals surface area contributed by atoms with Crippen molar-refractivity contribution in [3.63, 3.8) is 0 Å². The summed E-state index contributed by atoms with van der Waals surface area (Å²) in [4.78, 5) is 4.22. The monoisotopic (exact) mass is 252 g/mol. The van der Waals surface area contributed by atoms with E-state index in [2.05, 4.69) is 10.3 Å². The first-order valence-electron chi connectivity index (χ1n) is 5.71. The number of hydrogen-bond donors (Lipinski definition) is 1. The minimum absolute atomic E-state index is 0.231. The van der Waals surface area contributed by atoms with Gasteiger partial charge in [-0.05, 0) is 11.5 Å². The third-order valence-corrected chi connectivity index (χ3v) is 2.46. The summed E-state index contributed by atoms with van der Waals surface area (Å²) in [5.74, 6) is 0.744. The van der Waals surface area contributed by atoms with Crippen LogP contribution in [0.15, 0.2) is 36.5 Å². The molecule has 0 unspecified atom stereocenters. The van der Waals surface area contributed by atoms with Crippen LogP contribution in [0.1, 0.15) is 0 Å². The van der Waals surface area contributed by atoms with E-state index in [1.54, 1.807) is 6.20 Å². The van der Waals surface area contributed by atoms with Gasteiger partial charge >= 0.3 is 0 Å². The van der Waals surface area contributed by atoms with E-state index in [1.165, 1.54) is 0 Å². The van der Waals surface area contributed by atoms with E-state index in [1.807, 2.05) is 30.3 Å². The van der Waals surface area contributed by atoms with Crippen molar-refractivity contribution in [2.75, 3.05) is 25.1 Å². The normalized spacial score (nSPS) is 11.1. The molecule has 3 nitrogen and oxygen atoms in total. The maximum Gasteiger partial charge on any atom is 0.261 e. The first-order chi connectivity index (χ1) is 8.77. The summed E-state index contributed by atoms with van der Waals surface area (Å²) in [5, 5.41) is 5.18. The maximum absolute atomic E-state index is 11.8. The van der Waals surface area contributed by atoms with Gasteiger partial charge in [0.1, 0.15) is 12.4 Å². The highest BCUT2D eigenvalue weighted by Crippen LogP contribution is 2.19. The Balaban J connectivity index is 1.91. The molecule has 1 aromatic carbocycles. The molecule has 1 heterocycles. The zero-order valence-corrected chi connectivity index (χ0v) is 9.77. The molecule has 0 amide bonds. The summed E-state index contributed by atoms with van der Waals surface area (Å²) in [7, 11) is 0. The van der Waals surface area contributed by atoms with Crippen LogP contribution in [0.25, 0.3) is 10.8 Å². The molecule has 0 aliphatic heterocycles. The summed E-state index contributed by atoms with van der Waals surface area (Å²) in [6.45, 7) is 0.160. The molecule has 0 aliphatic carbocycles. The number of hydrogen-bond acceptors (Lipinski definition) is 3. The maximum atomic E-state index is 11.8. The van der Waals surface area contributed by atoms with Gasteiger partial charge in [0.05, 0.1) is 6.61 Å². The van der Waals surface area contributed by atoms with Crippen LogP contribution in [-0.4, -0.2) is 31.2 Å². The van der Waals surface area contributed by atoms with Gasteiger partial charge in [-0.2, -0.15) is 0 Å². The van der Waals surface area contributed by atoms with Crippen LogP contribution in [0.4, 0.5) is 14.6 Å². The molecule has 0 bridgehead atoms. The second-order valence-corrected chi connectivity index (χ2v) is 3.77. The smallest absolute Gasteiger partial charge is 0.261 e. The van der Waals surface area contributed by atoms with Crippen LogP contribution >= 0.6 is 0 Å². The van der Waals surface area contributed by atoms with Gasteiger partial charge in [-0.3, -0.25) is 0 Å². The summed E-state index contributed by atoms with van der Waals surface area (Å²) < 4.78 is 28.5. The number of benzene rings is 1. The third kappa shape index (κ3) is 3.37. The summed E-state index contributed by atoms with van der Waals surface area (Å²) >= 11 is 0. The number of rotatable bonds is 6. The quantitative estimate of drug-likeness (QED) is 0.803. The van der Waals surface area contributed by atoms with Gasteiger partial charge in [-0.1, -0.05) is 24.3 Å². The first kappa shape index (κ1) is 12.7. The van der Waals surface area contributed by atoms with Crippen LogP contribution < -0.4 is 5.32 Å². The Hall–Kier alpha value is -1.75. The molecular formula is C13H14F2N2O. The number of nitrogens with zero attached hydrogens (tertiary/aromatic N) is 1. The van der Waals surface area contributed by atoms with E-state index in [0.717, 1.165) is 16.6 Å². The van der Waals surface area contributed by atoms with Crippen molar-refractivity contribution in [2.45, 2.75) is 6.43 Å². The average molecular weight is 252 g/mol. The lowest BCUT2D eigenvalue weighted by Gasteiger charge is -2.08. The minimum Gasteiger partial charge on any atom is -0.374 e. The van der Waals surface area contributed by atoms with Crippen molar-refractivity contribution in [1.82, 2.24) is 4.98 Å². The van der Waals surface area contributed by atoms with E-state index in [4.69, 9.17) is 4.74 Å². The van der Waals surface area contributed by atoms with Crippen molar-refractivity contribution < 1.29 is 13.5 Å². The molecule has 18 heavy (non-hydrogen) atoms. The molecule has 96 valence electrons. The Kier molecular flexibility index (Phi) is 4.41. The van der Waals surface area contributed by atoms with E-state index in [-0.39, 0.29) is 6.61 Å². The van der Waals surface area contributed by atoms with Crippen LogP contribution in [0, 0.1) is 0 Å². The second kappa shape index (κ2) is 6.26. The summed E-state index contributed by atoms with van der Waals surface area (Å²) in [6.07, 6.45) is -0.703. The molecule has 0 spiro atoms. The van der Waals surface area contributed by atoms with E-state index < -0.39 is 13.0 Å². The van der Waals surface area contributed by atoms with Gasteiger partial charge in [-0.25, -0.2) is 13.8 Å². The highest BCUT2D eigenvalue weighted by molar-refractivity contribution is 5.91. The molecule has 1 N–H and O–H groups in total. The molecular weight excluding hydrogens is 238 g/mol. The molecule has 5 heteroatoms. The predicted molar refractivity (Wildman–Crippen MR) is 67.1 cm³/mol. The Morgan fingerprint density at radius 3 is 2.89 bits per heavy atom. The van der Waals surface area contributed by atoms with Crippen LogP contribution in [-0.2, 0) is 4.74 Å². The Bertz CT molecular complexity index is 500. The fourth-order valence-electron chi connectivity index (χ4n) is 1.67. The highest BCUT2D eigenvalue weighted by atomic mass is 19.3. The number of halogens is 2. The fraction of sp³-hybridized carbons (Fsp3) is 0.308. The number of anilines is 1. The zero-order chi connectivity index (χ0) is 12.8. The summed E-state index contributed by atoms with van der Waals surface area (Å²) in [6, 6.07) is 9.77. The van der Waals surface area contributed by atoms with Crippen molar-refractivity contribution in [3.8, 4) is 0 Å². The fourth-order valence-corrected chi connectivity index (χ4v) is 1.67. The van der Waals surface area contributed by atoms with Crippen LogP contribution in [0.2, 0.25) is 0 Å². The van der Waals surface area contributed by atoms with Crippen LogP contribution in [0.3, 0.4) is 0 Å². The van der Waals surface area contributed by atoms with E-state index >= 15 is 0 Å². The molecule has 0 atom stereocenters. The van der Waals surface area contributed by atoms with Crippen LogP contribution in [0.5, 0.6) is 0 Å². The van der Waals surface area contributed by atoms with Gasteiger partial charge in [0.25, 0.3) is 6.43 Å². The lowest BCUT2D eigenvalue weighted by Crippen LogP contribution is -2.13. The molecule has 2 rings (SSSR count). The van der Waals surface area contributed by atoms with Crippen molar-refractivity contribution >= 4 is 16.6 Å². The first-order valence-corrected chi connectivity index (χ1v) is 5.71. The molecule has 0 aliphatic rings. The van der Waals surface area contributed by atoms with Crippen molar-refractivity contribution in [2.24, 2.45) is 0 Å². The molecule has 0 fully saturated rings. The van der Waals surface area contributed by atoms with Gasteiger partial charge in [0, 0.05) is 18.1 Å². The molecule has 0 radical (unpaired) electrons. The summed E-state index contributed by atoms with van der Waals surface area (Å²) in [5.41, 5.74) is 0. The average Bonchev–Trinajstić information content (AvgIpc) is 2.38. The topological polar surface area (TPSA) is 34.1 Å². The van der Waals surface area contributed by atoms with Crippen molar-refractivity contribution in [3.05, 3.63) is 36.5 Å². The largest absolute Gasteiger partial charge is 0.374 e. The Morgan fingerprint density at radius 1 is 1.22 bits per heavy atom. The highest BCUT2D eigenvalue weighted by Gasteiger charge is 2.02. The standard InChI is InChI=1S/C13H14F2N2O/c14-12(15)9-18-8-7-17-13-11-4-2-1-3-10(11)5-6-16-13/h1-6,12H,7-9H2,(H,16,17). The number of alkyl halides is 2. The van der Waals surface area contributed by atoms with E-state index in [9.17, 15) is 8.78 Å². The lowest BCUT2D eigenvalue weighted by atomic mass is 10.1. The number of fused-ring (bicyclic) bond motifs is 1. The molecule has 2 aromatic rings. The SMILES string of the molecule is FC(F)COCCNc1nccc2ccccc12. The van der Waals surface area contributed by atoms with Gasteiger partial charge in [-0.15, -0.1) is 0 Å². The minimum atomic E-state index is -2.42. The van der Waals surface area contributed by atoms with E-state index in [0.29, 0.717) is 6.54 Å². The van der Waals surface area contributed by atoms with Gasteiger partial charge in [0.15, 0.2) is 0 Å². The van der Waals surface area contributed by atoms with Crippen molar-refractivity contribution in [1.29, 1.82) is 0 Å². The third-order valence-electron chi connectivity index (χ3n) is 2.46. The zero-order valence-electron chi connectivity index (χ0n) is 9.77.